The van der Waals surface area contributed by atoms with Gasteiger partial charge in [0, 0.05) is 6.42 Å². The third-order valence-electron chi connectivity index (χ3n) is 7.41. The standard InChI is InChI=1S/C19H34N6O4Si/c1-11-19-7-13(24(20)9-19)23-25(17(19)22-10-21-11)16-15(27)14(26)12(29-16)8-28-30(5,6)18(2,3)4/h10-12,14-16,26-27H,7-9,20H2,1-6H3/t11?,12-,14-,15-,16-,19?/m1/s1. The van der Waals surface area contributed by atoms with Gasteiger partial charge in [-0.1, -0.05) is 20.8 Å². The highest BCUT2D eigenvalue weighted by Gasteiger charge is 2.59. The Morgan fingerprint density at radius 1 is 1.33 bits per heavy atom. The third-order valence-corrected chi connectivity index (χ3v) is 11.9. The second-order valence-electron chi connectivity index (χ2n) is 10.3. The van der Waals surface area contributed by atoms with Crippen molar-refractivity contribution in [1.82, 2.24) is 10.0 Å². The minimum Gasteiger partial charge on any atom is -0.414 e. The topological polar surface area (TPSA) is 128 Å². The normalized spacial score (nSPS) is 38.6. The second kappa shape index (κ2) is 7.07. The van der Waals surface area contributed by atoms with Gasteiger partial charge in [-0.3, -0.25) is 10.0 Å². The number of aliphatic imine (C=N–C) groups is 2. The lowest BCUT2D eigenvalue weighted by atomic mass is 9.77. The molecular weight excluding hydrogens is 404 g/mol. The quantitative estimate of drug-likeness (QED) is 0.430. The highest BCUT2D eigenvalue weighted by Crippen LogP contribution is 2.45. The highest BCUT2D eigenvalue weighted by molar-refractivity contribution is 6.74. The number of aliphatic hydroxyl groups excluding tert-OH is 2. The molecule has 4 heterocycles. The number of rotatable bonds is 4. The van der Waals surface area contributed by atoms with Crippen LogP contribution in [0.2, 0.25) is 18.1 Å². The first-order chi connectivity index (χ1) is 13.9. The predicted octanol–water partition coefficient (Wildman–Crippen LogP) is 0.479. The Morgan fingerprint density at radius 2 is 2.03 bits per heavy atom. The highest BCUT2D eigenvalue weighted by atomic mass is 28.4. The largest absolute Gasteiger partial charge is 0.414 e. The minimum atomic E-state index is -2.02. The zero-order chi connectivity index (χ0) is 22.1. The molecule has 0 aromatic rings. The van der Waals surface area contributed by atoms with Crippen LogP contribution in [0.15, 0.2) is 15.1 Å². The molecule has 0 aliphatic carbocycles. The summed E-state index contributed by atoms with van der Waals surface area (Å²) >= 11 is 0. The smallest absolute Gasteiger partial charge is 0.192 e. The van der Waals surface area contributed by atoms with Crippen molar-refractivity contribution in [3.8, 4) is 0 Å². The molecule has 4 aliphatic heterocycles. The zero-order valence-corrected chi connectivity index (χ0v) is 19.6. The van der Waals surface area contributed by atoms with Crippen LogP contribution in [0, 0.1) is 5.41 Å². The molecule has 0 aromatic heterocycles. The van der Waals surface area contributed by atoms with Crippen molar-refractivity contribution in [2.45, 2.75) is 82.8 Å². The molecule has 4 N–H and O–H groups in total. The molecule has 6 atom stereocenters. The number of aliphatic hydroxyl groups is 2. The average Bonchev–Trinajstić information content (AvgIpc) is 3.08. The van der Waals surface area contributed by atoms with Gasteiger partial charge in [0.2, 0.25) is 0 Å². The molecule has 0 saturated carbocycles. The van der Waals surface area contributed by atoms with Gasteiger partial charge in [-0.05, 0) is 25.1 Å². The van der Waals surface area contributed by atoms with E-state index in [9.17, 15) is 10.2 Å². The lowest BCUT2D eigenvalue weighted by Gasteiger charge is -2.42. The van der Waals surface area contributed by atoms with Crippen LogP contribution in [0.4, 0.5) is 0 Å². The van der Waals surface area contributed by atoms with E-state index in [4.69, 9.17) is 15.0 Å². The van der Waals surface area contributed by atoms with Gasteiger partial charge in [-0.25, -0.2) is 15.8 Å². The van der Waals surface area contributed by atoms with Gasteiger partial charge < -0.3 is 19.4 Å². The summed E-state index contributed by atoms with van der Waals surface area (Å²) in [6.07, 6.45) is -1.60. The van der Waals surface area contributed by atoms with E-state index in [2.05, 4.69) is 49.0 Å². The first kappa shape index (κ1) is 21.8. The molecule has 4 rings (SSSR count). The summed E-state index contributed by atoms with van der Waals surface area (Å²) in [5, 5.41) is 29.4. The summed E-state index contributed by atoms with van der Waals surface area (Å²) in [7, 11) is -2.02. The van der Waals surface area contributed by atoms with Crippen LogP contribution >= 0.6 is 0 Å². The van der Waals surface area contributed by atoms with Crippen LogP contribution in [0.3, 0.4) is 0 Å². The molecule has 1 spiro atoms. The Morgan fingerprint density at radius 3 is 2.70 bits per heavy atom. The van der Waals surface area contributed by atoms with Crippen molar-refractivity contribution in [3.05, 3.63) is 0 Å². The van der Waals surface area contributed by atoms with Crippen LogP contribution in [-0.4, -0.2) is 90.3 Å². The summed E-state index contributed by atoms with van der Waals surface area (Å²) in [4.78, 5) is 8.96. The number of fused-ring (bicyclic) bond motifs is 1. The maximum absolute atomic E-state index is 10.8. The third kappa shape index (κ3) is 3.23. The van der Waals surface area contributed by atoms with Gasteiger partial charge >= 0.3 is 0 Å². The first-order valence-corrected chi connectivity index (χ1v) is 13.4. The zero-order valence-electron chi connectivity index (χ0n) is 18.6. The summed E-state index contributed by atoms with van der Waals surface area (Å²) in [6, 6.07) is -0.0345. The monoisotopic (exact) mass is 438 g/mol. The van der Waals surface area contributed by atoms with Gasteiger partial charge in [0.1, 0.15) is 36.3 Å². The second-order valence-corrected chi connectivity index (χ2v) is 15.1. The molecule has 10 nitrogen and oxygen atoms in total. The maximum atomic E-state index is 10.8. The van der Waals surface area contributed by atoms with E-state index in [0.717, 1.165) is 0 Å². The van der Waals surface area contributed by atoms with Crippen molar-refractivity contribution in [2.24, 2.45) is 26.3 Å². The van der Waals surface area contributed by atoms with Gasteiger partial charge in [0.05, 0.1) is 24.6 Å². The van der Waals surface area contributed by atoms with Crippen LogP contribution in [-0.2, 0) is 9.16 Å². The Hall–Kier alpha value is -1.37. The average molecular weight is 439 g/mol. The molecule has 2 fully saturated rings. The fourth-order valence-corrected chi connectivity index (χ4v) is 5.23. The summed E-state index contributed by atoms with van der Waals surface area (Å²) in [6.45, 7) is 13.6. The Balaban J connectivity index is 1.56. The molecule has 0 aromatic carbocycles. The molecule has 11 heteroatoms. The molecule has 0 amide bonds. The van der Waals surface area contributed by atoms with E-state index in [0.29, 0.717) is 24.6 Å². The van der Waals surface area contributed by atoms with E-state index in [1.165, 1.54) is 6.34 Å². The van der Waals surface area contributed by atoms with E-state index >= 15 is 0 Å². The van der Waals surface area contributed by atoms with Gasteiger partial charge in [0.15, 0.2) is 14.5 Å². The van der Waals surface area contributed by atoms with Gasteiger partial charge in [-0.2, -0.15) is 5.10 Å². The molecular formula is C19H34N6O4Si. The molecule has 0 radical (unpaired) electrons. The number of hydrogen-bond donors (Lipinski definition) is 3. The van der Waals surface area contributed by atoms with E-state index in [1.54, 1.807) is 10.0 Å². The van der Waals surface area contributed by atoms with Crippen LogP contribution in [0.1, 0.15) is 34.1 Å². The number of hydrogen-bond acceptors (Lipinski definition) is 10. The Bertz CT molecular complexity index is 796. The number of nitrogens with two attached hydrogens (primary N) is 1. The minimum absolute atomic E-state index is 0.0345. The lowest BCUT2D eigenvalue weighted by molar-refractivity contribution is -0.0736. The van der Waals surface area contributed by atoms with Gasteiger partial charge in [-0.15, -0.1) is 0 Å². The van der Waals surface area contributed by atoms with Crippen molar-refractivity contribution in [3.63, 3.8) is 0 Å². The number of ether oxygens (including phenoxy) is 1. The van der Waals surface area contributed by atoms with Crippen LogP contribution in [0.5, 0.6) is 0 Å². The predicted molar refractivity (Wildman–Crippen MR) is 116 cm³/mol. The number of hydrazone groups is 1. The molecule has 168 valence electrons. The van der Waals surface area contributed by atoms with Gasteiger partial charge in [0.25, 0.3) is 0 Å². The molecule has 30 heavy (non-hydrogen) atoms. The Labute approximate surface area is 178 Å². The van der Waals surface area contributed by atoms with E-state index in [-0.39, 0.29) is 17.7 Å². The number of nitrogens with zero attached hydrogens (tertiary/aromatic N) is 5. The van der Waals surface area contributed by atoms with Crippen LogP contribution < -0.4 is 5.84 Å². The van der Waals surface area contributed by atoms with Crippen LogP contribution in [0.25, 0.3) is 0 Å². The van der Waals surface area contributed by atoms with E-state index in [1.807, 2.05) is 6.92 Å². The fourth-order valence-electron chi connectivity index (χ4n) is 4.22. The SMILES string of the molecule is CC1N=CN=C2N([C@@H]3O[C@H](CO[Si](C)(C)C(C)(C)C)[C@@H](O)[C@H]3O)N=C3CC21CN3N. The molecule has 2 saturated heterocycles. The maximum Gasteiger partial charge on any atom is 0.192 e. The number of amidine groups is 2. The first-order valence-electron chi connectivity index (χ1n) is 10.5. The molecule has 2 unspecified atom stereocenters. The van der Waals surface area contributed by atoms with E-state index < -0.39 is 38.3 Å². The molecule has 4 aliphatic rings. The fraction of sp³-hybridized carbons (Fsp3) is 0.842. The Kier molecular flexibility index (Phi) is 5.15. The summed E-state index contributed by atoms with van der Waals surface area (Å²) in [5.41, 5.74) is -0.412. The summed E-state index contributed by atoms with van der Waals surface area (Å²) < 4.78 is 12.3. The van der Waals surface area contributed by atoms with Crippen molar-refractivity contribution < 1.29 is 19.4 Å². The van der Waals surface area contributed by atoms with Crippen molar-refractivity contribution in [1.29, 1.82) is 0 Å². The molecule has 2 bridgehead atoms. The lowest BCUT2D eigenvalue weighted by Crippen LogP contribution is -2.56. The van der Waals surface area contributed by atoms with Crippen molar-refractivity contribution in [2.75, 3.05) is 13.2 Å². The van der Waals surface area contributed by atoms with Crippen molar-refractivity contribution >= 4 is 26.3 Å². The number of hydrazine groups is 1. The summed E-state index contributed by atoms with van der Waals surface area (Å²) in [5.74, 6) is 7.54.